The van der Waals surface area contributed by atoms with Crippen molar-refractivity contribution < 1.29 is 18.0 Å². The van der Waals surface area contributed by atoms with Crippen LogP contribution in [0.3, 0.4) is 0 Å². The fourth-order valence-corrected chi connectivity index (χ4v) is 5.57. The lowest BCUT2D eigenvalue weighted by Crippen LogP contribution is -2.42. The van der Waals surface area contributed by atoms with Crippen molar-refractivity contribution in [2.75, 3.05) is 0 Å². The molecule has 1 aliphatic carbocycles. The number of nitrogens with one attached hydrogen (secondary N) is 1. The summed E-state index contributed by atoms with van der Waals surface area (Å²) in [4.78, 5) is 28.4. The first-order valence-corrected chi connectivity index (χ1v) is 12.5. The van der Waals surface area contributed by atoms with Crippen molar-refractivity contribution in [3.8, 4) is 0 Å². The van der Waals surface area contributed by atoms with Crippen LogP contribution < -0.4 is 11.1 Å². The van der Waals surface area contributed by atoms with Crippen LogP contribution in [0.4, 0.5) is 13.2 Å². The zero-order valence-corrected chi connectivity index (χ0v) is 20.5. The Morgan fingerprint density at radius 2 is 2.18 bits per heavy atom. The molecule has 7 nitrogen and oxygen atoms in total. The molecule has 3 aliphatic heterocycles. The second-order valence-electron chi connectivity index (χ2n) is 8.89. The molecule has 0 bridgehead atoms. The molecule has 4 heterocycles. The van der Waals surface area contributed by atoms with Gasteiger partial charge in [0, 0.05) is 20.9 Å². The Morgan fingerprint density at radius 1 is 1.32 bits per heavy atom. The number of hydrogen-bond acceptors (Lipinski definition) is 6. The number of nitrogens with two attached hydrogens (primary N) is 1. The molecule has 3 N–H and O–H groups in total. The predicted molar refractivity (Wildman–Crippen MR) is 139 cm³/mol. The highest BCUT2D eigenvalue weighted by molar-refractivity contribution is 7.13. The molecule has 1 aromatic carbocycles. The summed E-state index contributed by atoms with van der Waals surface area (Å²) in [7, 11) is 0. The van der Waals surface area contributed by atoms with E-state index in [2.05, 4.69) is 37.8 Å². The Labute approximate surface area is 219 Å². The zero-order chi connectivity index (χ0) is 26.4. The van der Waals surface area contributed by atoms with Gasteiger partial charge >= 0.3 is 6.05 Å². The quantitative estimate of drug-likeness (QED) is 0.458. The molecule has 0 saturated carbocycles. The number of fused-ring (bicyclic) bond motifs is 2. The lowest BCUT2D eigenvalue weighted by atomic mass is 9.93. The first-order chi connectivity index (χ1) is 18.3. The standard InChI is InChI=1S/C27H19F3N6OS/c28-17-4-6-21-16(10-17)13-36(27(21,29)30)26(37)19-2-1-9-32-25(19)33-12-18-5-8-23(38-18)15-3-7-22-20(11-15)24(31)35-14-34-22/h3-6,8-11,14,22H,7,12-13H2,(H,32,33)(H2,31,34,35). The van der Waals surface area contributed by atoms with E-state index in [1.165, 1.54) is 23.9 Å². The number of alkyl halides is 2. The van der Waals surface area contributed by atoms with Gasteiger partial charge in [-0.05, 0) is 54.0 Å². The molecule has 4 aliphatic rings. The van der Waals surface area contributed by atoms with Gasteiger partial charge < -0.3 is 11.1 Å². The summed E-state index contributed by atoms with van der Waals surface area (Å²) in [5.41, 5.74) is 12.6. The van der Waals surface area contributed by atoms with E-state index >= 15 is 8.78 Å². The average molecular weight is 533 g/mol. The molecule has 2 aromatic rings. The van der Waals surface area contributed by atoms with E-state index < -0.39 is 29.9 Å². The summed E-state index contributed by atoms with van der Waals surface area (Å²) in [6.45, 7) is -0.219. The van der Waals surface area contributed by atoms with Crippen molar-refractivity contribution in [1.29, 1.82) is 0 Å². The van der Waals surface area contributed by atoms with Gasteiger partial charge in [0.15, 0.2) is 0 Å². The van der Waals surface area contributed by atoms with Crippen LogP contribution in [0, 0.1) is 5.82 Å². The Balaban J connectivity index is 1.20. The van der Waals surface area contributed by atoms with Gasteiger partial charge in [-0.15, -0.1) is 11.3 Å². The third kappa shape index (κ3) is 4.13. The number of thiophene rings is 1. The molecule has 0 spiro atoms. The van der Waals surface area contributed by atoms with Crippen molar-refractivity contribution in [3.63, 3.8) is 0 Å². The normalized spacial score (nSPS) is 21.8. The molecule has 1 atom stereocenters. The molecule has 6 rings (SSSR count). The molecule has 0 saturated heterocycles. The topological polar surface area (TPSA) is 95.4 Å². The summed E-state index contributed by atoms with van der Waals surface area (Å²) in [6, 6.07) is 3.26. The number of carbonyl (C=O) groups is 1. The number of nitrogens with zero attached hydrogens (tertiary/aromatic N) is 4. The Morgan fingerprint density at radius 3 is 3.05 bits per heavy atom. The summed E-state index contributed by atoms with van der Waals surface area (Å²) in [6.07, 6.45) is 7.70. The smallest absolute Gasteiger partial charge is 0.355 e. The van der Waals surface area contributed by atoms with Crippen molar-refractivity contribution in [3.05, 3.63) is 98.0 Å². The maximum atomic E-state index is 15.0. The second kappa shape index (κ2) is 9.15. The number of carbonyl (C=O) groups excluding carboxylic acids is 1. The van der Waals surface area contributed by atoms with E-state index in [0.717, 1.165) is 45.5 Å². The molecule has 1 unspecified atom stereocenters. The third-order valence-corrected chi connectivity index (χ3v) is 7.66. The fourth-order valence-electron chi connectivity index (χ4n) is 4.63. The zero-order valence-electron chi connectivity index (χ0n) is 19.7. The minimum absolute atomic E-state index is 0.0156. The van der Waals surface area contributed by atoms with Gasteiger partial charge in [-0.25, -0.2) is 9.38 Å². The van der Waals surface area contributed by atoms with Gasteiger partial charge in [-0.2, -0.15) is 8.78 Å². The first kappa shape index (κ1) is 23.9. The third-order valence-electron chi connectivity index (χ3n) is 6.54. The van der Waals surface area contributed by atoms with E-state index in [1.54, 1.807) is 0 Å². The van der Waals surface area contributed by atoms with Crippen LogP contribution in [0.15, 0.2) is 86.3 Å². The Hall–Kier alpha value is -4.43. The highest BCUT2D eigenvalue weighted by atomic mass is 32.1. The predicted octanol–water partition coefficient (Wildman–Crippen LogP) is 4.16. The molecular formula is C27H19F3N6OS. The first-order valence-electron chi connectivity index (χ1n) is 11.7. The molecule has 1 aromatic heterocycles. The lowest BCUT2D eigenvalue weighted by molar-refractivity contribution is -0.169. The van der Waals surface area contributed by atoms with E-state index in [0.29, 0.717) is 10.7 Å². The van der Waals surface area contributed by atoms with Crippen LogP contribution in [0.25, 0.3) is 5.57 Å². The van der Waals surface area contributed by atoms with E-state index in [9.17, 15) is 9.18 Å². The largest absolute Gasteiger partial charge is 0.383 e. The van der Waals surface area contributed by atoms with Crippen LogP contribution in [0.2, 0.25) is 0 Å². The summed E-state index contributed by atoms with van der Waals surface area (Å²) in [5.74, 6) is -1.05. The highest BCUT2D eigenvalue weighted by Crippen LogP contribution is 2.43. The number of amides is 1. The molecule has 0 radical (unpaired) electrons. The maximum absolute atomic E-state index is 15.0. The molecule has 11 heteroatoms. The Bertz CT molecular complexity index is 1630. The van der Waals surface area contributed by atoms with Gasteiger partial charge in [-0.1, -0.05) is 17.5 Å². The molecule has 1 amide bonds. The van der Waals surface area contributed by atoms with Gasteiger partial charge in [0.2, 0.25) is 0 Å². The van der Waals surface area contributed by atoms with Crippen LogP contribution in [-0.2, 0) is 23.9 Å². The van der Waals surface area contributed by atoms with E-state index in [-0.39, 0.29) is 29.6 Å². The number of hydrogen-bond donors (Lipinski definition) is 2. The van der Waals surface area contributed by atoms with Crippen molar-refractivity contribution in [2.45, 2.75) is 31.6 Å². The second-order valence-corrected chi connectivity index (χ2v) is 10.1. The number of allylic oxidation sites excluding steroid dienone is 2. The van der Waals surface area contributed by atoms with Gasteiger partial charge in [0.25, 0.3) is 5.91 Å². The van der Waals surface area contributed by atoms with E-state index in [4.69, 9.17) is 5.73 Å². The lowest BCUT2D eigenvalue weighted by Gasteiger charge is -2.25. The van der Waals surface area contributed by atoms with Crippen LogP contribution in [0.5, 0.6) is 0 Å². The summed E-state index contributed by atoms with van der Waals surface area (Å²) < 4.78 is 43.7. The molecule has 190 valence electrons. The number of amidine groups is 2. The van der Waals surface area contributed by atoms with Gasteiger partial charge in [0.05, 0.1) is 25.3 Å². The number of rotatable bonds is 4. The SMILES string of the molecule is NC1=NC=NC2CC=C(c3ccc(CN=C4NC=C=C=C4C(=O)N4Cc5cc(F)ccc5C4(F)F)s3)C=C12. The van der Waals surface area contributed by atoms with Gasteiger partial charge in [-0.3, -0.25) is 19.7 Å². The van der Waals surface area contributed by atoms with Gasteiger partial charge in [0.1, 0.15) is 29.4 Å². The fraction of sp³-hybridized carbons (Fsp3) is 0.185. The highest BCUT2D eigenvalue weighted by Gasteiger charge is 2.50. The summed E-state index contributed by atoms with van der Waals surface area (Å²) in [5, 5.41) is 2.81. The monoisotopic (exact) mass is 532 g/mol. The van der Waals surface area contributed by atoms with Crippen LogP contribution in [0.1, 0.15) is 27.3 Å². The number of aliphatic imine (C=N–C) groups is 3. The maximum Gasteiger partial charge on any atom is 0.355 e. The molecule has 0 fully saturated rings. The van der Waals surface area contributed by atoms with Crippen LogP contribution >= 0.6 is 11.3 Å². The molecule has 38 heavy (non-hydrogen) atoms. The minimum Gasteiger partial charge on any atom is -0.383 e. The number of benzene rings is 1. The van der Waals surface area contributed by atoms with Crippen molar-refractivity contribution in [1.82, 2.24) is 10.2 Å². The number of halogens is 3. The minimum atomic E-state index is -3.59. The van der Waals surface area contributed by atoms with E-state index in [1.807, 2.05) is 18.2 Å². The molecular weight excluding hydrogens is 513 g/mol. The van der Waals surface area contributed by atoms with Crippen LogP contribution in [-0.4, -0.2) is 34.9 Å². The average Bonchev–Trinajstić information content (AvgIpc) is 3.49. The van der Waals surface area contributed by atoms with Crippen molar-refractivity contribution in [2.24, 2.45) is 20.7 Å². The summed E-state index contributed by atoms with van der Waals surface area (Å²) >= 11 is 1.52. The Kier molecular flexibility index (Phi) is 5.76. The van der Waals surface area contributed by atoms with Crippen molar-refractivity contribution >= 4 is 40.8 Å².